The number of ether oxygens (including phenoxy) is 1. The van der Waals surface area contributed by atoms with Crippen LogP contribution in [0.2, 0.25) is 0 Å². The smallest absolute Gasteiger partial charge is 0.341 e. The zero-order chi connectivity index (χ0) is 28.1. The molecule has 8 heteroatoms. The van der Waals surface area contributed by atoms with Gasteiger partial charge in [-0.05, 0) is 49.1 Å². The van der Waals surface area contributed by atoms with Gasteiger partial charge in [0, 0.05) is 12.7 Å². The normalized spacial score (nSPS) is 12.5. The number of carbonyl (C=O) groups is 2. The van der Waals surface area contributed by atoms with Gasteiger partial charge in [-0.3, -0.25) is 14.0 Å². The van der Waals surface area contributed by atoms with Crippen LogP contribution in [-0.4, -0.2) is 32.4 Å². The molecule has 1 atom stereocenters. The molecule has 8 nitrogen and oxygen atoms in total. The van der Waals surface area contributed by atoms with Crippen LogP contribution in [0.5, 0.6) is 0 Å². The average Bonchev–Trinajstić information content (AvgIpc) is 2.98. The summed E-state index contributed by atoms with van der Waals surface area (Å²) in [5.41, 5.74) is 2.55. The molecule has 0 aliphatic carbocycles. The van der Waals surface area contributed by atoms with Crippen molar-refractivity contribution in [3.63, 3.8) is 0 Å². The first-order chi connectivity index (χ1) is 19.5. The molecule has 0 fully saturated rings. The van der Waals surface area contributed by atoms with E-state index in [1.165, 1.54) is 10.5 Å². The molecule has 5 rings (SSSR count). The van der Waals surface area contributed by atoms with E-state index >= 15 is 0 Å². The molecule has 0 aliphatic heterocycles. The van der Waals surface area contributed by atoms with Crippen LogP contribution in [-0.2, 0) is 22.5 Å². The average molecular weight is 535 g/mol. The summed E-state index contributed by atoms with van der Waals surface area (Å²) < 4.78 is 8.50. The van der Waals surface area contributed by atoms with E-state index in [0.29, 0.717) is 30.7 Å². The van der Waals surface area contributed by atoms with E-state index in [-0.39, 0.29) is 34.5 Å². The number of nitrogens with zero attached hydrogens (tertiary/aromatic N) is 4. The van der Waals surface area contributed by atoms with Crippen molar-refractivity contribution < 1.29 is 14.3 Å². The minimum absolute atomic E-state index is 0.0495. The van der Waals surface area contributed by atoms with E-state index in [9.17, 15) is 14.4 Å². The fourth-order valence-electron chi connectivity index (χ4n) is 4.88. The van der Waals surface area contributed by atoms with Crippen LogP contribution in [0.15, 0.2) is 101 Å². The molecule has 0 radical (unpaired) electrons. The van der Waals surface area contributed by atoms with Gasteiger partial charge in [-0.2, -0.15) is 4.99 Å². The largest absolute Gasteiger partial charge is 0.462 e. The Morgan fingerprint density at radius 2 is 1.65 bits per heavy atom. The summed E-state index contributed by atoms with van der Waals surface area (Å²) in [4.78, 5) is 49.9. The number of fused-ring (bicyclic) bond motifs is 2. The quantitative estimate of drug-likeness (QED) is 0.213. The molecule has 1 amide bonds. The fourth-order valence-corrected chi connectivity index (χ4v) is 4.88. The van der Waals surface area contributed by atoms with Gasteiger partial charge in [0.15, 0.2) is 5.49 Å². The number of hydrogen-bond acceptors (Lipinski definition) is 5. The van der Waals surface area contributed by atoms with Crippen molar-refractivity contribution in [1.29, 1.82) is 0 Å². The number of pyridine rings is 2. The first-order valence-electron chi connectivity index (χ1n) is 13.4. The van der Waals surface area contributed by atoms with E-state index < -0.39 is 11.9 Å². The third kappa shape index (κ3) is 5.33. The van der Waals surface area contributed by atoms with E-state index in [0.717, 1.165) is 11.1 Å². The molecule has 0 saturated heterocycles. The zero-order valence-electron chi connectivity index (χ0n) is 22.5. The summed E-state index contributed by atoms with van der Waals surface area (Å²) in [6, 6.07) is 26.0. The maximum atomic E-state index is 13.7. The van der Waals surface area contributed by atoms with Crippen LogP contribution in [0.25, 0.3) is 16.7 Å². The number of hydrogen-bond donors (Lipinski definition) is 0. The Morgan fingerprint density at radius 1 is 0.950 bits per heavy atom. The van der Waals surface area contributed by atoms with Crippen molar-refractivity contribution in [3.05, 3.63) is 124 Å². The molecule has 5 aromatic rings. The van der Waals surface area contributed by atoms with Gasteiger partial charge in [-0.25, -0.2) is 9.78 Å². The SMILES string of the molecule is CCOC(=O)c1cc2c(=O)n3ccccc3nc2n(CCc2ccccc2)c1=NC(=O)[C@@H](CC)c1ccccc1. The first kappa shape index (κ1) is 26.7. The molecular formula is C32H30N4O4. The molecule has 0 N–H and O–H groups in total. The summed E-state index contributed by atoms with van der Waals surface area (Å²) in [7, 11) is 0. The highest BCUT2D eigenvalue weighted by atomic mass is 16.5. The van der Waals surface area contributed by atoms with Crippen LogP contribution in [0.1, 0.15) is 47.7 Å². The lowest BCUT2D eigenvalue weighted by molar-refractivity contribution is -0.119. The maximum absolute atomic E-state index is 13.7. The molecule has 40 heavy (non-hydrogen) atoms. The number of esters is 1. The zero-order valence-corrected chi connectivity index (χ0v) is 22.5. The molecule has 2 aromatic carbocycles. The van der Waals surface area contributed by atoms with Crippen molar-refractivity contribution in [2.24, 2.45) is 4.99 Å². The third-order valence-corrected chi connectivity index (χ3v) is 6.88. The monoisotopic (exact) mass is 534 g/mol. The van der Waals surface area contributed by atoms with E-state index in [1.54, 1.807) is 35.9 Å². The molecule has 3 heterocycles. The molecule has 0 aliphatic rings. The van der Waals surface area contributed by atoms with Gasteiger partial charge in [0.05, 0.1) is 17.9 Å². The highest BCUT2D eigenvalue weighted by Gasteiger charge is 2.23. The lowest BCUT2D eigenvalue weighted by Gasteiger charge is -2.16. The van der Waals surface area contributed by atoms with Crippen molar-refractivity contribution in [3.8, 4) is 0 Å². The van der Waals surface area contributed by atoms with Gasteiger partial charge in [0.2, 0.25) is 0 Å². The molecular weight excluding hydrogens is 504 g/mol. The second-order valence-electron chi connectivity index (χ2n) is 9.39. The van der Waals surface area contributed by atoms with E-state index in [2.05, 4.69) is 4.99 Å². The topological polar surface area (TPSA) is 95.0 Å². The van der Waals surface area contributed by atoms with E-state index in [4.69, 9.17) is 9.72 Å². The standard InChI is InChI=1S/C32H30N4O4/c1-3-24(23-15-9-6-10-16-23)30(37)34-29-26(32(39)40-4-2)21-25-28(33-27-17-11-12-19-35(27)31(25)38)36(29)20-18-22-13-7-5-8-14-22/h5-17,19,21,24H,3-4,18,20H2,1-2H3/t24-/m0/s1. The Balaban J connectivity index is 1.81. The summed E-state index contributed by atoms with van der Waals surface area (Å²) in [6.45, 7) is 4.09. The molecule has 3 aromatic heterocycles. The van der Waals surface area contributed by atoms with Gasteiger partial charge < -0.3 is 9.30 Å². The minimum Gasteiger partial charge on any atom is -0.462 e. The van der Waals surface area contributed by atoms with Crippen LogP contribution in [0, 0.1) is 0 Å². The highest BCUT2D eigenvalue weighted by molar-refractivity contribution is 5.94. The fraction of sp³-hybridized carbons (Fsp3) is 0.219. The van der Waals surface area contributed by atoms with Crippen LogP contribution < -0.4 is 11.0 Å². The third-order valence-electron chi connectivity index (χ3n) is 6.88. The number of carbonyl (C=O) groups excluding carboxylic acids is 2. The van der Waals surface area contributed by atoms with Crippen LogP contribution in [0.4, 0.5) is 0 Å². The van der Waals surface area contributed by atoms with Crippen molar-refractivity contribution in [2.45, 2.75) is 39.2 Å². The molecule has 0 saturated carbocycles. The minimum atomic E-state index is -0.658. The lowest BCUT2D eigenvalue weighted by atomic mass is 9.96. The van der Waals surface area contributed by atoms with E-state index in [1.807, 2.05) is 67.6 Å². The number of amides is 1. The Morgan fingerprint density at radius 3 is 2.35 bits per heavy atom. The second-order valence-corrected chi connectivity index (χ2v) is 9.39. The van der Waals surface area contributed by atoms with Crippen molar-refractivity contribution in [1.82, 2.24) is 14.0 Å². The Kier molecular flexibility index (Phi) is 7.96. The number of rotatable bonds is 8. The van der Waals surface area contributed by atoms with Crippen LogP contribution >= 0.6 is 0 Å². The summed E-state index contributed by atoms with van der Waals surface area (Å²) in [6.07, 6.45) is 2.73. The van der Waals surface area contributed by atoms with Crippen molar-refractivity contribution >= 4 is 28.6 Å². The summed E-state index contributed by atoms with van der Waals surface area (Å²) in [5, 5.41) is 0.237. The van der Waals surface area contributed by atoms with Gasteiger partial charge in [0.1, 0.15) is 16.9 Å². The predicted octanol–water partition coefficient (Wildman–Crippen LogP) is 4.69. The van der Waals surface area contributed by atoms with Gasteiger partial charge in [0.25, 0.3) is 11.5 Å². The highest BCUT2D eigenvalue weighted by Crippen LogP contribution is 2.21. The Bertz CT molecular complexity index is 1810. The molecule has 202 valence electrons. The van der Waals surface area contributed by atoms with Crippen molar-refractivity contribution in [2.75, 3.05) is 6.61 Å². The van der Waals surface area contributed by atoms with Gasteiger partial charge >= 0.3 is 5.97 Å². The molecule has 0 bridgehead atoms. The predicted molar refractivity (Wildman–Crippen MR) is 153 cm³/mol. The number of aromatic nitrogens is 3. The Labute approximate surface area is 231 Å². The Hall–Kier alpha value is -4.85. The summed E-state index contributed by atoms with van der Waals surface area (Å²) >= 11 is 0. The second kappa shape index (κ2) is 11.9. The molecule has 0 unspecified atom stereocenters. The van der Waals surface area contributed by atoms with Crippen LogP contribution in [0.3, 0.4) is 0 Å². The van der Waals surface area contributed by atoms with Gasteiger partial charge in [-0.15, -0.1) is 0 Å². The van der Waals surface area contributed by atoms with Gasteiger partial charge in [-0.1, -0.05) is 73.7 Å². The molecule has 0 spiro atoms. The lowest BCUT2D eigenvalue weighted by Crippen LogP contribution is -2.33. The maximum Gasteiger partial charge on any atom is 0.341 e. The first-order valence-corrected chi connectivity index (χ1v) is 13.4. The number of benzene rings is 2. The summed E-state index contributed by atoms with van der Waals surface area (Å²) in [5.74, 6) is -1.54. The number of aryl methyl sites for hydroxylation is 2.